The van der Waals surface area contributed by atoms with Crippen LogP contribution in [-0.4, -0.2) is 29.2 Å². The maximum Gasteiger partial charge on any atom is 0.341 e. The van der Waals surface area contributed by atoms with Gasteiger partial charge >= 0.3 is 10.2 Å². The molecule has 8 nitrogen and oxygen atoms in total. The average Bonchev–Trinajstić information content (AvgIpc) is 3.27. The summed E-state index contributed by atoms with van der Waals surface area (Å²) < 4.78 is 38.3. The van der Waals surface area contributed by atoms with Crippen molar-refractivity contribution in [3.8, 4) is 11.5 Å². The number of ether oxygens (including phenoxy) is 1. The lowest BCUT2D eigenvalue weighted by Crippen LogP contribution is -2.15. The first kappa shape index (κ1) is 25.6. The van der Waals surface area contributed by atoms with Crippen LogP contribution >= 0.6 is 0 Å². The molecule has 0 saturated carbocycles. The summed E-state index contributed by atoms with van der Waals surface area (Å²) in [6.45, 7) is 7.85. The predicted molar refractivity (Wildman–Crippen MR) is 148 cm³/mol. The molecule has 0 unspecified atom stereocenters. The van der Waals surface area contributed by atoms with Crippen molar-refractivity contribution in [2.24, 2.45) is 4.40 Å². The van der Waals surface area contributed by atoms with Gasteiger partial charge in [-0.3, -0.25) is 4.72 Å². The minimum absolute atomic E-state index is 0.0274. The molecular formula is C28H27N5O3S. The number of pyridine rings is 1. The zero-order chi connectivity index (χ0) is 26.3. The lowest BCUT2D eigenvalue weighted by molar-refractivity contribution is 0.482. The van der Waals surface area contributed by atoms with Gasteiger partial charge in [0, 0.05) is 18.4 Å². The Morgan fingerprint density at radius 2 is 1.76 bits per heavy atom. The van der Waals surface area contributed by atoms with Crippen LogP contribution in [0.2, 0.25) is 0 Å². The number of allylic oxidation sites excluding steroid dienone is 3. The molecular weight excluding hydrogens is 486 g/mol. The molecule has 4 rings (SSSR count). The summed E-state index contributed by atoms with van der Waals surface area (Å²) >= 11 is 0. The summed E-state index contributed by atoms with van der Waals surface area (Å²) in [6.07, 6.45) is 9.36. The quantitative estimate of drug-likeness (QED) is 0.212. The molecule has 0 aliphatic rings. The van der Waals surface area contributed by atoms with E-state index in [0.29, 0.717) is 22.6 Å². The number of nitrogens with zero attached hydrogens (tertiary/aromatic N) is 4. The molecule has 2 aromatic carbocycles. The van der Waals surface area contributed by atoms with Gasteiger partial charge in [0.25, 0.3) is 0 Å². The van der Waals surface area contributed by atoms with Gasteiger partial charge in [-0.05, 0) is 67.5 Å². The Balaban J connectivity index is 1.34. The number of nitrogens with one attached hydrogen (secondary N) is 1. The van der Waals surface area contributed by atoms with Gasteiger partial charge in [-0.1, -0.05) is 49.1 Å². The zero-order valence-corrected chi connectivity index (χ0v) is 21.3. The number of hydrogen-bond acceptors (Lipinski definition) is 5. The Bertz CT molecular complexity index is 1570. The third kappa shape index (κ3) is 7.02. The van der Waals surface area contributed by atoms with E-state index in [1.165, 1.54) is 12.4 Å². The number of hydrogen-bond donors (Lipinski definition) is 1. The standard InChI is InChI=1S/C28H27N5O3S/c1-21(2)33-27(32-26-10-7-18-29-28(26)33)20-31-37(34,35)30-19-17-22(3)11-12-23-13-15-25(16-14-23)36-24-8-5-4-6-9-24/h4-21,30H,3H2,1-2H3. The molecule has 37 heavy (non-hydrogen) atoms. The van der Waals surface area contributed by atoms with Crippen LogP contribution in [0.15, 0.2) is 108 Å². The molecule has 2 aromatic heterocycles. The first-order valence-corrected chi connectivity index (χ1v) is 13.0. The van der Waals surface area contributed by atoms with Gasteiger partial charge < -0.3 is 9.30 Å². The van der Waals surface area contributed by atoms with Gasteiger partial charge in [-0.15, -0.1) is 4.40 Å². The molecule has 4 aromatic rings. The van der Waals surface area contributed by atoms with Crippen LogP contribution in [0.5, 0.6) is 11.5 Å². The predicted octanol–water partition coefficient (Wildman–Crippen LogP) is 5.84. The topological polar surface area (TPSA) is 98.5 Å². The second kappa shape index (κ2) is 11.5. The van der Waals surface area contributed by atoms with E-state index in [0.717, 1.165) is 17.1 Å². The third-order valence-electron chi connectivity index (χ3n) is 5.16. The molecule has 2 heterocycles. The Morgan fingerprint density at radius 1 is 1.03 bits per heavy atom. The fourth-order valence-electron chi connectivity index (χ4n) is 3.45. The van der Waals surface area contributed by atoms with E-state index in [4.69, 9.17) is 4.74 Å². The van der Waals surface area contributed by atoms with Crippen LogP contribution in [-0.2, 0) is 10.2 Å². The summed E-state index contributed by atoms with van der Waals surface area (Å²) in [6, 6.07) is 20.8. The van der Waals surface area contributed by atoms with Crippen LogP contribution in [0.25, 0.3) is 17.2 Å². The fraction of sp³-hybridized carbons (Fsp3) is 0.107. The van der Waals surface area contributed by atoms with Crippen molar-refractivity contribution >= 4 is 33.7 Å². The molecule has 9 heteroatoms. The highest BCUT2D eigenvalue weighted by molar-refractivity contribution is 7.88. The lowest BCUT2D eigenvalue weighted by Gasteiger charge is -2.09. The summed E-state index contributed by atoms with van der Waals surface area (Å²) in [7, 11) is -3.97. The first-order valence-electron chi connectivity index (χ1n) is 11.6. The maximum absolute atomic E-state index is 12.4. The van der Waals surface area contributed by atoms with Gasteiger partial charge in [0.1, 0.15) is 17.0 Å². The van der Waals surface area contributed by atoms with Crippen LogP contribution in [0, 0.1) is 0 Å². The first-order chi connectivity index (χ1) is 17.8. The van der Waals surface area contributed by atoms with Gasteiger partial charge in [0.05, 0.1) is 6.21 Å². The molecule has 0 saturated heterocycles. The Hall–Kier alpha value is -4.50. The number of benzene rings is 2. The monoisotopic (exact) mass is 513 g/mol. The third-order valence-corrected chi connectivity index (χ3v) is 5.98. The van der Waals surface area contributed by atoms with Crippen molar-refractivity contribution in [3.63, 3.8) is 0 Å². The minimum atomic E-state index is -3.97. The SMILES string of the molecule is C=C(C=CNS(=O)(=O)N=Cc1nc2cccnc2n1C(C)C)C=Cc1ccc(Oc2ccccc2)cc1. The Kier molecular flexibility index (Phi) is 7.95. The molecule has 188 valence electrons. The van der Waals surface area contributed by atoms with E-state index in [9.17, 15) is 8.42 Å². The van der Waals surface area contributed by atoms with E-state index >= 15 is 0 Å². The van der Waals surface area contributed by atoms with Crippen molar-refractivity contribution in [3.05, 3.63) is 115 Å². The zero-order valence-electron chi connectivity index (χ0n) is 20.5. The van der Waals surface area contributed by atoms with E-state index in [1.807, 2.05) is 85.2 Å². The normalized spacial score (nSPS) is 12.3. The highest BCUT2D eigenvalue weighted by atomic mass is 32.2. The van der Waals surface area contributed by atoms with Gasteiger partial charge in [-0.25, -0.2) is 9.97 Å². The molecule has 0 atom stereocenters. The van der Waals surface area contributed by atoms with Crippen molar-refractivity contribution in [2.45, 2.75) is 19.9 Å². The molecule has 0 spiro atoms. The van der Waals surface area contributed by atoms with Gasteiger partial charge in [0.2, 0.25) is 0 Å². The molecule has 0 fully saturated rings. The summed E-state index contributed by atoms with van der Waals surface area (Å²) in [4.78, 5) is 8.77. The highest BCUT2D eigenvalue weighted by Crippen LogP contribution is 2.22. The van der Waals surface area contributed by atoms with E-state index < -0.39 is 10.2 Å². The summed E-state index contributed by atoms with van der Waals surface area (Å²) in [5, 5.41) is 0. The van der Waals surface area contributed by atoms with Crippen LogP contribution < -0.4 is 9.46 Å². The second-order valence-corrected chi connectivity index (χ2v) is 9.73. The average molecular weight is 514 g/mol. The molecule has 0 bridgehead atoms. The highest BCUT2D eigenvalue weighted by Gasteiger charge is 2.13. The molecule has 0 amide bonds. The van der Waals surface area contributed by atoms with E-state index in [-0.39, 0.29) is 6.04 Å². The van der Waals surface area contributed by atoms with Crippen molar-refractivity contribution in [1.82, 2.24) is 19.3 Å². The van der Waals surface area contributed by atoms with E-state index in [1.54, 1.807) is 24.4 Å². The van der Waals surface area contributed by atoms with Gasteiger partial charge in [0.15, 0.2) is 11.5 Å². The number of para-hydroxylation sites is 1. The molecule has 0 aliphatic carbocycles. The largest absolute Gasteiger partial charge is 0.457 e. The number of imidazole rings is 1. The molecule has 0 aliphatic heterocycles. The van der Waals surface area contributed by atoms with Crippen LogP contribution in [0.4, 0.5) is 0 Å². The Labute approximate surface area is 216 Å². The van der Waals surface area contributed by atoms with Crippen LogP contribution in [0.3, 0.4) is 0 Å². The fourth-order valence-corrected chi connectivity index (χ4v) is 3.99. The minimum Gasteiger partial charge on any atom is -0.457 e. The number of fused-ring (bicyclic) bond motifs is 1. The van der Waals surface area contributed by atoms with Crippen molar-refractivity contribution in [2.75, 3.05) is 0 Å². The number of aromatic nitrogens is 3. The van der Waals surface area contributed by atoms with E-state index in [2.05, 4.69) is 25.7 Å². The maximum atomic E-state index is 12.4. The van der Waals surface area contributed by atoms with Gasteiger partial charge in [-0.2, -0.15) is 8.42 Å². The molecule has 1 N–H and O–H groups in total. The second-order valence-electron chi connectivity index (χ2n) is 8.33. The van der Waals surface area contributed by atoms with Crippen LogP contribution in [0.1, 0.15) is 31.3 Å². The smallest absolute Gasteiger partial charge is 0.341 e. The van der Waals surface area contributed by atoms with Crippen molar-refractivity contribution in [1.29, 1.82) is 0 Å². The summed E-state index contributed by atoms with van der Waals surface area (Å²) in [5.74, 6) is 1.91. The molecule has 0 radical (unpaired) electrons. The summed E-state index contributed by atoms with van der Waals surface area (Å²) in [5.41, 5.74) is 2.89. The Morgan fingerprint density at radius 3 is 2.49 bits per heavy atom. The van der Waals surface area contributed by atoms with Crippen molar-refractivity contribution < 1.29 is 13.2 Å². The number of rotatable bonds is 10. The lowest BCUT2D eigenvalue weighted by atomic mass is 10.1.